The number of para-hydroxylation sites is 1. The summed E-state index contributed by atoms with van der Waals surface area (Å²) in [7, 11) is -3.43. The van der Waals surface area contributed by atoms with E-state index >= 15 is 0 Å². The van der Waals surface area contributed by atoms with Gasteiger partial charge in [-0.1, -0.05) is 30.3 Å². The van der Waals surface area contributed by atoms with Crippen molar-refractivity contribution >= 4 is 39.0 Å². The van der Waals surface area contributed by atoms with Crippen LogP contribution in [0.5, 0.6) is 0 Å². The SMILES string of the molecule is O=C(CCc1ccc(S(=O)(=O)N2CCCC2)cc1)Nc1ccc(NC(=O)Nc2ccccc2)cc1. The predicted molar refractivity (Wildman–Crippen MR) is 137 cm³/mol. The summed E-state index contributed by atoms with van der Waals surface area (Å²) in [5.41, 5.74) is 2.80. The standard InChI is InChI=1S/C26H28N4O4S/c31-25(17-10-20-8-15-24(16-9-20)35(33,34)30-18-4-5-19-30)27-22-11-13-23(14-12-22)29-26(32)28-21-6-2-1-3-7-21/h1-3,6-9,11-16H,4-5,10,17-19H2,(H,27,31)(H2,28,29,32). The highest BCUT2D eigenvalue weighted by molar-refractivity contribution is 7.89. The molecule has 0 bridgehead atoms. The first-order valence-corrected chi connectivity index (χ1v) is 13.0. The van der Waals surface area contributed by atoms with Crippen LogP contribution in [-0.4, -0.2) is 37.8 Å². The maximum atomic E-state index is 12.6. The lowest BCUT2D eigenvalue weighted by atomic mass is 10.1. The molecule has 1 fully saturated rings. The molecule has 1 aliphatic rings. The van der Waals surface area contributed by atoms with E-state index in [1.807, 2.05) is 18.2 Å². The van der Waals surface area contributed by atoms with Crippen molar-refractivity contribution in [3.8, 4) is 0 Å². The summed E-state index contributed by atoms with van der Waals surface area (Å²) in [6, 6.07) is 22.4. The molecule has 8 nitrogen and oxygen atoms in total. The topological polar surface area (TPSA) is 108 Å². The number of aryl methyl sites for hydroxylation is 1. The minimum Gasteiger partial charge on any atom is -0.326 e. The van der Waals surface area contributed by atoms with Gasteiger partial charge in [0.1, 0.15) is 0 Å². The first-order valence-electron chi connectivity index (χ1n) is 11.5. The number of carbonyl (C=O) groups is 2. The lowest BCUT2D eigenvalue weighted by Gasteiger charge is -2.15. The van der Waals surface area contributed by atoms with E-state index in [9.17, 15) is 18.0 Å². The molecule has 1 heterocycles. The summed E-state index contributed by atoms with van der Waals surface area (Å²) in [5.74, 6) is -0.152. The molecular formula is C26H28N4O4S. The summed E-state index contributed by atoms with van der Waals surface area (Å²) in [5, 5.41) is 8.32. The molecular weight excluding hydrogens is 464 g/mol. The van der Waals surface area contributed by atoms with Gasteiger partial charge in [-0.2, -0.15) is 4.31 Å². The second-order valence-electron chi connectivity index (χ2n) is 8.33. The van der Waals surface area contributed by atoms with E-state index in [-0.39, 0.29) is 18.4 Å². The predicted octanol–water partition coefficient (Wildman–Crippen LogP) is 4.69. The minimum absolute atomic E-state index is 0.152. The van der Waals surface area contributed by atoms with Gasteiger partial charge in [0.15, 0.2) is 0 Å². The number of rotatable bonds is 8. The molecule has 0 aliphatic carbocycles. The van der Waals surface area contributed by atoms with Crippen molar-refractivity contribution in [2.45, 2.75) is 30.6 Å². The van der Waals surface area contributed by atoms with Gasteiger partial charge in [0.25, 0.3) is 0 Å². The second-order valence-corrected chi connectivity index (χ2v) is 10.3. The van der Waals surface area contributed by atoms with E-state index in [1.165, 1.54) is 4.31 Å². The molecule has 1 aliphatic heterocycles. The van der Waals surface area contributed by atoms with Crippen LogP contribution < -0.4 is 16.0 Å². The quantitative estimate of drug-likeness (QED) is 0.424. The van der Waals surface area contributed by atoms with Crippen LogP contribution in [0.25, 0.3) is 0 Å². The molecule has 3 amide bonds. The third-order valence-corrected chi connectivity index (χ3v) is 7.64. The summed E-state index contributed by atoms with van der Waals surface area (Å²) >= 11 is 0. The first-order chi connectivity index (χ1) is 16.9. The van der Waals surface area contributed by atoms with Gasteiger partial charge in [0, 0.05) is 36.6 Å². The van der Waals surface area contributed by atoms with Crippen LogP contribution in [0.1, 0.15) is 24.8 Å². The number of nitrogens with one attached hydrogen (secondary N) is 3. The molecule has 3 aromatic rings. The van der Waals surface area contributed by atoms with Gasteiger partial charge < -0.3 is 16.0 Å². The summed E-state index contributed by atoms with van der Waals surface area (Å²) in [6.45, 7) is 1.14. The summed E-state index contributed by atoms with van der Waals surface area (Å²) in [6.07, 6.45) is 2.55. The number of amides is 3. The zero-order chi connectivity index (χ0) is 24.7. The second kappa shape index (κ2) is 11.2. The minimum atomic E-state index is -3.43. The van der Waals surface area contributed by atoms with Gasteiger partial charge in [-0.15, -0.1) is 0 Å². The molecule has 4 rings (SSSR count). The average molecular weight is 493 g/mol. The van der Waals surface area contributed by atoms with E-state index in [0.717, 1.165) is 18.4 Å². The lowest BCUT2D eigenvalue weighted by Crippen LogP contribution is -2.27. The molecule has 3 aromatic carbocycles. The first kappa shape index (κ1) is 24.4. The third kappa shape index (κ3) is 6.68. The Morgan fingerprint density at radius 2 is 1.26 bits per heavy atom. The molecule has 0 aromatic heterocycles. The molecule has 0 spiro atoms. The number of hydrogen-bond acceptors (Lipinski definition) is 4. The molecule has 9 heteroatoms. The molecule has 3 N–H and O–H groups in total. The van der Waals surface area contributed by atoms with Crippen molar-refractivity contribution < 1.29 is 18.0 Å². The number of sulfonamides is 1. The Morgan fingerprint density at radius 1 is 0.714 bits per heavy atom. The van der Waals surface area contributed by atoms with Gasteiger partial charge in [-0.3, -0.25) is 4.79 Å². The highest BCUT2D eigenvalue weighted by Crippen LogP contribution is 2.21. The Labute approximate surface area is 205 Å². The van der Waals surface area contributed by atoms with Crippen molar-refractivity contribution in [3.05, 3.63) is 84.4 Å². The number of anilines is 3. The maximum absolute atomic E-state index is 12.6. The number of benzene rings is 3. The van der Waals surface area contributed by atoms with Gasteiger partial charge in [0.05, 0.1) is 4.90 Å². The Balaban J connectivity index is 1.24. The zero-order valence-electron chi connectivity index (χ0n) is 19.2. The number of urea groups is 1. The Morgan fingerprint density at radius 3 is 1.86 bits per heavy atom. The Kier molecular flexibility index (Phi) is 7.79. The average Bonchev–Trinajstić information content (AvgIpc) is 3.41. The van der Waals surface area contributed by atoms with Crippen molar-refractivity contribution in [2.75, 3.05) is 29.0 Å². The van der Waals surface area contributed by atoms with Gasteiger partial charge >= 0.3 is 6.03 Å². The van der Waals surface area contributed by atoms with Crippen LogP contribution in [0.3, 0.4) is 0 Å². The fraction of sp³-hybridized carbons (Fsp3) is 0.231. The lowest BCUT2D eigenvalue weighted by molar-refractivity contribution is -0.116. The molecule has 0 radical (unpaired) electrons. The fourth-order valence-electron chi connectivity index (χ4n) is 3.84. The molecule has 0 unspecified atom stereocenters. The summed E-state index contributed by atoms with van der Waals surface area (Å²) < 4.78 is 26.8. The Bertz CT molecular complexity index is 1250. The van der Waals surface area contributed by atoms with Crippen LogP contribution in [0.2, 0.25) is 0 Å². The normalized spacial score (nSPS) is 13.8. The van der Waals surface area contributed by atoms with E-state index in [2.05, 4.69) is 16.0 Å². The van der Waals surface area contributed by atoms with Crippen molar-refractivity contribution in [1.29, 1.82) is 0 Å². The third-order valence-electron chi connectivity index (χ3n) is 5.73. The van der Waals surface area contributed by atoms with E-state index < -0.39 is 10.0 Å². The van der Waals surface area contributed by atoms with Crippen LogP contribution in [0.15, 0.2) is 83.8 Å². The fourth-order valence-corrected chi connectivity index (χ4v) is 5.36. The maximum Gasteiger partial charge on any atom is 0.323 e. The van der Waals surface area contributed by atoms with Crippen molar-refractivity contribution in [2.24, 2.45) is 0 Å². The van der Waals surface area contributed by atoms with Gasteiger partial charge in [-0.05, 0) is 73.4 Å². The van der Waals surface area contributed by atoms with Crippen LogP contribution in [-0.2, 0) is 21.2 Å². The van der Waals surface area contributed by atoms with Crippen molar-refractivity contribution in [3.63, 3.8) is 0 Å². The van der Waals surface area contributed by atoms with Crippen LogP contribution in [0.4, 0.5) is 21.9 Å². The largest absolute Gasteiger partial charge is 0.326 e. The van der Waals surface area contributed by atoms with E-state index in [4.69, 9.17) is 0 Å². The molecule has 0 saturated carbocycles. The number of nitrogens with zero attached hydrogens (tertiary/aromatic N) is 1. The van der Waals surface area contributed by atoms with E-state index in [0.29, 0.717) is 41.5 Å². The van der Waals surface area contributed by atoms with Crippen LogP contribution >= 0.6 is 0 Å². The van der Waals surface area contributed by atoms with Crippen LogP contribution in [0, 0.1) is 0 Å². The van der Waals surface area contributed by atoms with Crippen molar-refractivity contribution in [1.82, 2.24) is 4.31 Å². The molecule has 182 valence electrons. The zero-order valence-corrected chi connectivity index (χ0v) is 20.1. The molecule has 35 heavy (non-hydrogen) atoms. The highest BCUT2D eigenvalue weighted by Gasteiger charge is 2.26. The van der Waals surface area contributed by atoms with Gasteiger partial charge in [0.2, 0.25) is 15.9 Å². The molecule has 1 saturated heterocycles. The Hall–Kier alpha value is -3.69. The summed E-state index contributed by atoms with van der Waals surface area (Å²) in [4.78, 5) is 24.7. The number of carbonyl (C=O) groups excluding carboxylic acids is 2. The number of hydrogen-bond donors (Lipinski definition) is 3. The monoisotopic (exact) mass is 492 g/mol. The molecule has 0 atom stereocenters. The van der Waals surface area contributed by atoms with Gasteiger partial charge in [-0.25, -0.2) is 13.2 Å². The van der Waals surface area contributed by atoms with E-state index in [1.54, 1.807) is 60.7 Å². The smallest absolute Gasteiger partial charge is 0.323 e. The highest BCUT2D eigenvalue weighted by atomic mass is 32.2.